The zero-order chi connectivity index (χ0) is 13.8. The molecule has 1 atom stereocenters. The average molecular weight is 262 g/mol. The second-order valence-electron chi connectivity index (χ2n) is 4.99. The Morgan fingerprint density at radius 1 is 0.950 bits per heavy atom. The van der Waals surface area contributed by atoms with Crippen LogP contribution in [0.3, 0.4) is 0 Å². The molecule has 0 unspecified atom stereocenters. The summed E-state index contributed by atoms with van der Waals surface area (Å²) in [6, 6.07) is 21.3. The van der Waals surface area contributed by atoms with Crippen LogP contribution >= 0.6 is 0 Å². The molecule has 20 heavy (non-hydrogen) atoms. The van der Waals surface area contributed by atoms with Crippen LogP contribution in [0.15, 0.2) is 66.9 Å². The van der Waals surface area contributed by atoms with E-state index in [0.717, 1.165) is 12.2 Å². The molecule has 2 nitrogen and oxygen atoms in total. The highest BCUT2D eigenvalue weighted by molar-refractivity contribution is 5.86. The number of aromatic nitrogens is 1. The van der Waals surface area contributed by atoms with Gasteiger partial charge in [0.15, 0.2) is 0 Å². The van der Waals surface area contributed by atoms with Gasteiger partial charge in [-0.2, -0.15) is 0 Å². The largest absolute Gasteiger partial charge is 0.305 e. The van der Waals surface area contributed by atoms with Gasteiger partial charge in [-0.3, -0.25) is 4.98 Å². The maximum absolute atomic E-state index is 4.34. The molecule has 0 aliphatic carbocycles. The molecule has 2 aromatic carbocycles. The summed E-state index contributed by atoms with van der Waals surface area (Å²) in [5, 5.41) is 6.15. The third-order valence-corrected chi connectivity index (χ3v) is 3.61. The second kappa shape index (κ2) is 5.85. The molecule has 3 aromatic rings. The van der Waals surface area contributed by atoms with Crippen molar-refractivity contribution >= 4 is 10.8 Å². The maximum Gasteiger partial charge on any atom is 0.0541 e. The summed E-state index contributed by atoms with van der Waals surface area (Å²) >= 11 is 0. The van der Waals surface area contributed by atoms with Crippen molar-refractivity contribution in [3.05, 3.63) is 78.1 Å². The van der Waals surface area contributed by atoms with E-state index >= 15 is 0 Å². The zero-order valence-electron chi connectivity index (χ0n) is 11.6. The third kappa shape index (κ3) is 2.70. The zero-order valence-corrected chi connectivity index (χ0v) is 11.6. The lowest BCUT2D eigenvalue weighted by molar-refractivity contribution is 0.571. The van der Waals surface area contributed by atoms with Crippen LogP contribution in [0.2, 0.25) is 0 Å². The Labute approximate surface area is 119 Å². The predicted octanol–water partition coefficient (Wildman–Crippen LogP) is 4.09. The van der Waals surface area contributed by atoms with Crippen molar-refractivity contribution in [3.63, 3.8) is 0 Å². The molecule has 3 rings (SSSR count). The number of benzene rings is 2. The van der Waals surface area contributed by atoms with Gasteiger partial charge in [0.2, 0.25) is 0 Å². The van der Waals surface area contributed by atoms with Crippen LogP contribution in [0.5, 0.6) is 0 Å². The van der Waals surface area contributed by atoms with E-state index in [4.69, 9.17) is 0 Å². The lowest BCUT2D eigenvalue weighted by Gasteiger charge is -2.16. The van der Waals surface area contributed by atoms with E-state index in [9.17, 15) is 0 Å². The van der Waals surface area contributed by atoms with Gasteiger partial charge < -0.3 is 5.32 Å². The van der Waals surface area contributed by atoms with Gasteiger partial charge in [-0.25, -0.2) is 0 Å². The van der Waals surface area contributed by atoms with Gasteiger partial charge >= 0.3 is 0 Å². The van der Waals surface area contributed by atoms with Crippen LogP contribution in [-0.2, 0) is 6.54 Å². The lowest BCUT2D eigenvalue weighted by Crippen LogP contribution is -2.18. The standard InChI is InChI=1S/C18H18N2/c1-14(20-13-16-9-4-5-12-19-16)17-11-6-8-15-7-2-3-10-18(15)17/h2-12,14,20H,13H2,1H3/t14-/m0/s1. The van der Waals surface area contributed by atoms with Crippen LogP contribution < -0.4 is 5.32 Å². The van der Waals surface area contributed by atoms with E-state index < -0.39 is 0 Å². The number of nitrogens with zero attached hydrogens (tertiary/aromatic N) is 1. The summed E-state index contributed by atoms with van der Waals surface area (Å²) in [5.74, 6) is 0. The van der Waals surface area contributed by atoms with E-state index in [1.54, 1.807) is 0 Å². The van der Waals surface area contributed by atoms with Crippen molar-refractivity contribution in [1.82, 2.24) is 10.3 Å². The van der Waals surface area contributed by atoms with Crippen molar-refractivity contribution in [1.29, 1.82) is 0 Å². The molecule has 1 heterocycles. The van der Waals surface area contributed by atoms with Gasteiger partial charge in [-0.1, -0.05) is 48.5 Å². The first-order valence-electron chi connectivity index (χ1n) is 6.95. The van der Waals surface area contributed by atoms with Crippen molar-refractivity contribution in [2.24, 2.45) is 0 Å². The first kappa shape index (κ1) is 12.8. The molecule has 0 fully saturated rings. The smallest absolute Gasteiger partial charge is 0.0541 e. The maximum atomic E-state index is 4.34. The van der Waals surface area contributed by atoms with Crippen molar-refractivity contribution < 1.29 is 0 Å². The summed E-state index contributed by atoms with van der Waals surface area (Å²) in [6.45, 7) is 2.98. The molecule has 0 spiro atoms. The summed E-state index contributed by atoms with van der Waals surface area (Å²) in [6.07, 6.45) is 1.83. The SMILES string of the molecule is C[C@H](NCc1ccccn1)c1cccc2ccccc12. The molecular weight excluding hydrogens is 244 g/mol. The fourth-order valence-corrected chi connectivity index (χ4v) is 2.50. The molecular formula is C18H18N2. The number of fused-ring (bicyclic) bond motifs is 1. The Hall–Kier alpha value is -2.19. The van der Waals surface area contributed by atoms with Gasteiger partial charge in [0, 0.05) is 18.8 Å². The van der Waals surface area contributed by atoms with Gasteiger partial charge in [0.05, 0.1) is 5.69 Å². The van der Waals surface area contributed by atoms with Crippen LogP contribution in [-0.4, -0.2) is 4.98 Å². The molecule has 2 heteroatoms. The predicted molar refractivity (Wildman–Crippen MR) is 83.4 cm³/mol. The molecule has 0 amide bonds. The Kier molecular flexibility index (Phi) is 3.75. The minimum atomic E-state index is 0.295. The topological polar surface area (TPSA) is 24.9 Å². The summed E-state index contributed by atoms with van der Waals surface area (Å²) in [5.41, 5.74) is 2.40. The monoisotopic (exact) mass is 262 g/mol. The van der Waals surface area contributed by atoms with Gasteiger partial charge in [0.1, 0.15) is 0 Å². The Balaban J connectivity index is 1.80. The molecule has 100 valence electrons. The molecule has 0 aliphatic heterocycles. The number of rotatable bonds is 4. The van der Waals surface area contributed by atoms with Crippen LogP contribution in [0, 0.1) is 0 Å². The van der Waals surface area contributed by atoms with Crippen molar-refractivity contribution in [2.75, 3.05) is 0 Å². The molecule has 1 N–H and O–H groups in total. The first-order chi connectivity index (χ1) is 9.84. The molecule has 1 aromatic heterocycles. The fourth-order valence-electron chi connectivity index (χ4n) is 2.50. The van der Waals surface area contributed by atoms with Crippen molar-refractivity contribution in [3.8, 4) is 0 Å². The second-order valence-corrected chi connectivity index (χ2v) is 4.99. The van der Waals surface area contributed by atoms with Crippen LogP contribution in [0.1, 0.15) is 24.2 Å². The van der Waals surface area contributed by atoms with E-state index in [1.165, 1.54) is 16.3 Å². The molecule has 0 bridgehead atoms. The van der Waals surface area contributed by atoms with E-state index in [1.807, 2.05) is 24.4 Å². The molecule has 0 aliphatic rings. The quantitative estimate of drug-likeness (QED) is 0.766. The van der Waals surface area contributed by atoms with Gasteiger partial charge in [-0.05, 0) is 35.4 Å². The van der Waals surface area contributed by atoms with E-state index in [-0.39, 0.29) is 0 Å². The van der Waals surface area contributed by atoms with Crippen LogP contribution in [0.4, 0.5) is 0 Å². The first-order valence-corrected chi connectivity index (χ1v) is 6.95. The lowest BCUT2D eigenvalue weighted by atomic mass is 10.00. The van der Waals surface area contributed by atoms with Gasteiger partial charge in [0.25, 0.3) is 0 Å². The highest BCUT2D eigenvalue weighted by atomic mass is 14.9. The Morgan fingerprint density at radius 2 is 1.75 bits per heavy atom. The summed E-state index contributed by atoms with van der Waals surface area (Å²) < 4.78 is 0. The number of hydrogen-bond donors (Lipinski definition) is 1. The average Bonchev–Trinajstić information content (AvgIpc) is 2.53. The molecule has 0 radical (unpaired) electrons. The number of pyridine rings is 1. The van der Waals surface area contributed by atoms with Gasteiger partial charge in [-0.15, -0.1) is 0 Å². The molecule has 0 saturated heterocycles. The van der Waals surface area contributed by atoms with Crippen molar-refractivity contribution in [2.45, 2.75) is 19.5 Å². The minimum absolute atomic E-state index is 0.295. The summed E-state index contributed by atoms with van der Waals surface area (Å²) in [7, 11) is 0. The summed E-state index contributed by atoms with van der Waals surface area (Å²) in [4.78, 5) is 4.34. The normalized spacial score (nSPS) is 12.4. The Bertz CT molecular complexity index is 687. The minimum Gasteiger partial charge on any atom is -0.305 e. The Morgan fingerprint density at radius 3 is 2.60 bits per heavy atom. The highest BCUT2D eigenvalue weighted by Crippen LogP contribution is 2.24. The third-order valence-electron chi connectivity index (χ3n) is 3.61. The number of nitrogens with one attached hydrogen (secondary N) is 1. The van der Waals surface area contributed by atoms with Crippen LogP contribution in [0.25, 0.3) is 10.8 Å². The number of hydrogen-bond acceptors (Lipinski definition) is 2. The highest BCUT2D eigenvalue weighted by Gasteiger charge is 2.08. The molecule has 0 saturated carbocycles. The van der Waals surface area contributed by atoms with E-state index in [2.05, 4.69) is 59.7 Å². The van der Waals surface area contributed by atoms with E-state index in [0.29, 0.717) is 6.04 Å². The fraction of sp³-hybridized carbons (Fsp3) is 0.167.